The van der Waals surface area contributed by atoms with E-state index in [0.29, 0.717) is 28.7 Å². The minimum Gasteiger partial charge on any atom is -0.496 e. The second-order valence-corrected chi connectivity index (χ2v) is 7.67. The van der Waals surface area contributed by atoms with Crippen molar-refractivity contribution in [3.05, 3.63) is 53.1 Å². The normalized spacial score (nSPS) is 14.6. The van der Waals surface area contributed by atoms with Crippen LogP contribution in [0, 0.1) is 12.8 Å². The summed E-state index contributed by atoms with van der Waals surface area (Å²) in [4.78, 5) is 15.0. The lowest BCUT2D eigenvalue weighted by Gasteiger charge is -2.32. The largest absolute Gasteiger partial charge is 0.496 e. The van der Waals surface area contributed by atoms with Crippen molar-refractivity contribution in [2.45, 2.75) is 32.6 Å². The number of methoxy groups -OCH3 is 3. The van der Waals surface area contributed by atoms with E-state index in [1.807, 2.05) is 4.90 Å². The molecule has 0 N–H and O–H groups in total. The first-order chi connectivity index (χ1) is 14.0. The molecule has 1 heterocycles. The van der Waals surface area contributed by atoms with Crippen LogP contribution in [0.1, 0.15) is 40.7 Å². The van der Waals surface area contributed by atoms with Gasteiger partial charge in [-0.05, 0) is 44.1 Å². The number of piperidine rings is 1. The zero-order valence-electron chi connectivity index (χ0n) is 17.9. The summed E-state index contributed by atoms with van der Waals surface area (Å²) in [7, 11) is 4.70. The molecule has 0 radical (unpaired) electrons. The van der Waals surface area contributed by atoms with Gasteiger partial charge in [0.2, 0.25) is 0 Å². The summed E-state index contributed by atoms with van der Waals surface area (Å²) < 4.78 is 16.1. The fraction of sp³-hybridized carbons (Fsp3) is 0.458. The molecule has 1 amide bonds. The van der Waals surface area contributed by atoms with Crippen LogP contribution in [-0.2, 0) is 6.42 Å². The van der Waals surface area contributed by atoms with Crippen molar-refractivity contribution in [3.63, 3.8) is 0 Å². The number of nitrogens with zero attached hydrogens (tertiary/aromatic N) is 1. The lowest BCUT2D eigenvalue weighted by molar-refractivity contribution is 0.0683. The minimum absolute atomic E-state index is 0.0141. The highest BCUT2D eigenvalue weighted by Crippen LogP contribution is 2.36. The zero-order valence-corrected chi connectivity index (χ0v) is 17.9. The first-order valence-corrected chi connectivity index (χ1v) is 10.2. The monoisotopic (exact) mass is 397 g/mol. The third-order valence-electron chi connectivity index (χ3n) is 5.80. The van der Waals surface area contributed by atoms with Crippen LogP contribution in [0.4, 0.5) is 0 Å². The van der Waals surface area contributed by atoms with E-state index >= 15 is 0 Å². The number of aryl methyl sites for hydroxylation is 2. The number of likely N-dealkylation sites (tertiary alicyclic amines) is 1. The van der Waals surface area contributed by atoms with Gasteiger partial charge >= 0.3 is 0 Å². The number of carbonyl (C=O) groups is 1. The molecule has 0 aromatic heterocycles. The van der Waals surface area contributed by atoms with Crippen molar-refractivity contribution in [3.8, 4) is 17.2 Å². The van der Waals surface area contributed by atoms with Gasteiger partial charge in [0.05, 0.1) is 26.9 Å². The van der Waals surface area contributed by atoms with Crippen molar-refractivity contribution in [1.82, 2.24) is 4.90 Å². The number of rotatable bonds is 7. The van der Waals surface area contributed by atoms with Crippen LogP contribution in [0.15, 0.2) is 36.4 Å². The van der Waals surface area contributed by atoms with Crippen LogP contribution in [0.3, 0.4) is 0 Å². The third-order valence-corrected chi connectivity index (χ3v) is 5.80. The second kappa shape index (κ2) is 9.68. The first-order valence-electron chi connectivity index (χ1n) is 10.2. The lowest BCUT2D eigenvalue weighted by Crippen LogP contribution is -2.38. The average Bonchev–Trinajstić information content (AvgIpc) is 2.77. The van der Waals surface area contributed by atoms with Gasteiger partial charge in [-0.1, -0.05) is 29.8 Å². The van der Waals surface area contributed by atoms with Gasteiger partial charge in [-0.3, -0.25) is 4.79 Å². The topological polar surface area (TPSA) is 48.0 Å². The van der Waals surface area contributed by atoms with Crippen molar-refractivity contribution < 1.29 is 19.0 Å². The Morgan fingerprint density at radius 3 is 2.10 bits per heavy atom. The molecule has 0 saturated carbocycles. The van der Waals surface area contributed by atoms with E-state index < -0.39 is 0 Å². The van der Waals surface area contributed by atoms with Gasteiger partial charge in [0.25, 0.3) is 5.91 Å². The predicted octanol–water partition coefficient (Wildman–Crippen LogP) is 4.51. The van der Waals surface area contributed by atoms with Gasteiger partial charge in [-0.25, -0.2) is 0 Å². The molecule has 1 fully saturated rings. The van der Waals surface area contributed by atoms with Crippen molar-refractivity contribution >= 4 is 5.91 Å². The molecule has 1 aliphatic heterocycles. The van der Waals surface area contributed by atoms with E-state index in [1.54, 1.807) is 33.5 Å². The van der Waals surface area contributed by atoms with Gasteiger partial charge < -0.3 is 19.1 Å². The maximum atomic E-state index is 13.1. The molecule has 1 aliphatic rings. The fourth-order valence-electron chi connectivity index (χ4n) is 3.92. The lowest BCUT2D eigenvalue weighted by atomic mass is 9.90. The van der Waals surface area contributed by atoms with Crippen LogP contribution in [0.25, 0.3) is 0 Å². The van der Waals surface area contributed by atoms with Crippen molar-refractivity contribution in [2.75, 3.05) is 34.4 Å². The molecule has 1 saturated heterocycles. The van der Waals surface area contributed by atoms with E-state index in [1.165, 1.54) is 17.5 Å². The van der Waals surface area contributed by atoms with Crippen LogP contribution in [-0.4, -0.2) is 45.2 Å². The smallest absolute Gasteiger partial charge is 0.257 e. The van der Waals surface area contributed by atoms with Gasteiger partial charge in [0.15, 0.2) is 11.5 Å². The number of benzene rings is 2. The van der Waals surface area contributed by atoms with Crippen molar-refractivity contribution in [1.29, 1.82) is 0 Å². The molecule has 2 aromatic rings. The van der Waals surface area contributed by atoms with Gasteiger partial charge in [0.1, 0.15) is 5.75 Å². The van der Waals surface area contributed by atoms with E-state index in [0.717, 1.165) is 32.4 Å². The highest BCUT2D eigenvalue weighted by atomic mass is 16.5. The Hall–Kier alpha value is -2.69. The van der Waals surface area contributed by atoms with Gasteiger partial charge in [-0.2, -0.15) is 0 Å². The molecule has 156 valence electrons. The molecule has 0 spiro atoms. The summed E-state index contributed by atoms with van der Waals surface area (Å²) in [6.07, 6.45) is 4.34. The minimum atomic E-state index is -0.0141. The first kappa shape index (κ1) is 21.0. The molecule has 2 aromatic carbocycles. The van der Waals surface area contributed by atoms with Crippen LogP contribution >= 0.6 is 0 Å². The Bertz CT molecular complexity index is 824. The Labute approximate surface area is 173 Å². The molecule has 0 unspecified atom stereocenters. The standard InChI is InChI=1S/C24H31NO4/c1-17-5-7-18(8-6-17)9-10-19-11-13-25(14-12-19)24(26)20-15-22(28-3)23(29-4)16-21(20)27-2/h5-8,15-16,19H,9-14H2,1-4H3. The van der Waals surface area contributed by atoms with Gasteiger partial charge in [0, 0.05) is 25.2 Å². The number of carbonyl (C=O) groups excluding carboxylic acids is 1. The zero-order chi connectivity index (χ0) is 20.8. The number of ether oxygens (including phenoxy) is 3. The molecule has 5 heteroatoms. The number of hydrogen-bond acceptors (Lipinski definition) is 4. The maximum absolute atomic E-state index is 13.1. The molecular formula is C24H31NO4. The summed E-state index contributed by atoms with van der Waals surface area (Å²) in [5.41, 5.74) is 3.21. The van der Waals surface area contributed by atoms with Crippen LogP contribution < -0.4 is 14.2 Å². The SMILES string of the molecule is COc1cc(OC)c(C(=O)N2CCC(CCc3ccc(C)cc3)CC2)cc1OC. The summed E-state index contributed by atoms with van der Waals surface area (Å²) in [6.45, 7) is 3.66. The van der Waals surface area contributed by atoms with E-state index in [9.17, 15) is 4.79 Å². The maximum Gasteiger partial charge on any atom is 0.257 e. The van der Waals surface area contributed by atoms with Crippen molar-refractivity contribution in [2.24, 2.45) is 5.92 Å². The molecule has 0 bridgehead atoms. The summed E-state index contributed by atoms with van der Waals surface area (Å²) in [5.74, 6) is 2.24. The number of amides is 1. The number of hydrogen-bond donors (Lipinski definition) is 0. The molecule has 0 aliphatic carbocycles. The second-order valence-electron chi connectivity index (χ2n) is 7.67. The molecule has 5 nitrogen and oxygen atoms in total. The van der Waals surface area contributed by atoms with E-state index in [-0.39, 0.29) is 5.91 Å². The summed E-state index contributed by atoms with van der Waals surface area (Å²) in [5, 5.41) is 0. The Kier molecular flexibility index (Phi) is 7.02. The molecule has 29 heavy (non-hydrogen) atoms. The molecule has 3 rings (SSSR count). The summed E-state index contributed by atoms with van der Waals surface area (Å²) >= 11 is 0. The summed E-state index contributed by atoms with van der Waals surface area (Å²) in [6, 6.07) is 12.2. The molecular weight excluding hydrogens is 366 g/mol. The molecule has 0 atom stereocenters. The highest BCUT2D eigenvalue weighted by Gasteiger charge is 2.26. The van der Waals surface area contributed by atoms with E-state index in [2.05, 4.69) is 31.2 Å². The quantitative estimate of drug-likeness (QED) is 0.690. The predicted molar refractivity (Wildman–Crippen MR) is 114 cm³/mol. The Morgan fingerprint density at radius 1 is 0.931 bits per heavy atom. The Morgan fingerprint density at radius 2 is 1.52 bits per heavy atom. The van der Waals surface area contributed by atoms with Crippen LogP contribution in [0.5, 0.6) is 17.2 Å². The average molecular weight is 398 g/mol. The van der Waals surface area contributed by atoms with Crippen LogP contribution in [0.2, 0.25) is 0 Å². The van der Waals surface area contributed by atoms with E-state index in [4.69, 9.17) is 14.2 Å². The Balaban J connectivity index is 1.60. The fourth-order valence-corrected chi connectivity index (χ4v) is 3.92. The highest BCUT2D eigenvalue weighted by molar-refractivity contribution is 5.98. The third kappa shape index (κ3) is 5.03. The van der Waals surface area contributed by atoms with Gasteiger partial charge in [-0.15, -0.1) is 0 Å².